The number of thioether (sulfide) groups is 1. The highest BCUT2D eigenvalue weighted by Crippen LogP contribution is 1.90. The van der Waals surface area contributed by atoms with Crippen LogP contribution in [0, 0.1) is 6.42 Å². The van der Waals surface area contributed by atoms with Gasteiger partial charge in [0.2, 0.25) is 0 Å². The molecule has 0 spiro atoms. The van der Waals surface area contributed by atoms with Crippen LogP contribution in [0.3, 0.4) is 0 Å². The molecule has 0 aliphatic heterocycles. The van der Waals surface area contributed by atoms with Gasteiger partial charge in [-0.1, -0.05) is 6.92 Å². The van der Waals surface area contributed by atoms with Crippen LogP contribution in [-0.4, -0.2) is 12.0 Å². The molecule has 1 heteroatoms. The second-order valence-electron chi connectivity index (χ2n) is 0.864. The van der Waals surface area contributed by atoms with Crippen LogP contribution in [0.5, 0.6) is 0 Å². The lowest BCUT2D eigenvalue weighted by atomic mass is 10.6. The van der Waals surface area contributed by atoms with Crippen molar-refractivity contribution in [2.24, 2.45) is 0 Å². The van der Waals surface area contributed by atoms with Gasteiger partial charge in [-0.05, 0) is 18.4 Å². The summed E-state index contributed by atoms with van der Waals surface area (Å²) in [6.07, 6.45) is 4.24. The normalized spacial score (nSPS) is 8.40. The molecule has 0 atom stereocenters. The lowest BCUT2D eigenvalue weighted by molar-refractivity contribution is 1.43. The molecule has 0 heterocycles. The van der Waals surface area contributed by atoms with Gasteiger partial charge in [-0.2, -0.15) is 11.8 Å². The monoisotopic (exact) mass is 89.0 g/mol. The van der Waals surface area contributed by atoms with Crippen LogP contribution in [0.4, 0.5) is 0 Å². The maximum absolute atomic E-state index is 2.14. The van der Waals surface area contributed by atoms with Gasteiger partial charge in [0, 0.05) is 0 Å². The molecule has 5 heavy (non-hydrogen) atoms. The van der Waals surface area contributed by atoms with Crippen molar-refractivity contribution in [3.63, 3.8) is 0 Å². The number of hydrogen-bond donors (Lipinski definition) is 0. The molecular weight excluding hydrogens is 80.1 g/mol. The van der Waals surface area contributed by atoms with E-state index in [4.69, 9.17) is 0 Å². The molecule has 0 bridgehead atoms. The SMILES string of the molecule is C[CH]CSC. The summed E-state index contributed by atoms with van der Waals surface area (Å²) in [7, 11) is 0. The Kier molecular flexibility index (Phi) is 4.65. The Morgan fingerprint density at radius 3 is 2.40 bits per heavy atom. The summed E-state index contributed by atoms with van der Waals surface area (Å²) in [5.74, 6) is 1.18. The summed E-state index contributed by atoms with van der Waals surface area (Å²) in [5, 5.41) is 0. The van der Waals surface area contributed by atoms with Gasteiger partial charge in [-0.3, -0.25) is 0 Å². The third-order valence-electron chi connectivity index (χ3n) is 0.333. The summed E-state index contributed by atoms with van der Waals surface area (Å²) in [6, 6.07) is 0. The van der Waals surface area contributed by atoms with Gasteiger partial charge < -0.3 is 0 Å². The van der Waals surface area contributed by atoms with Crippen molar-refractivity contribution in [1.29, 1.82) is 0 Å². The van der Waals surface area contributed by atoms with Crippen LogP contribution in [0.1, 0.15) is 6.92 Å². The molecule has 0 amide bonds. The van der Waals surface area contributed by atoms with Crippen molar-refractivity contribution < 1.29 is 0 Å². The summed E-state index contributed by atoms with van der Waals surface area (Å²) >= 11 is 1.85. The molecule has 0 unspecified atom stereocenters. The average Bonchev–Trinajstić information content (AvgIpc) is 1.41. The Hall–Kier alpha value is 0.350. The van der Waals surface area contributed by atoms with Crippen molar-refractivity contribution in [2.45, 2.75) is 6.92 Å². The zero-order valence-electron chi connectivity index (χ0n) is 3.69. The fraction of sp³-hybridized carbons (Fsp3) is 0.750. The van der Waals surface area contributed by atoms with Crippen LogP contribution >= 0.6 is 11.8 Å². The summed E-state index contributed by atoms with van der Waals surface area (Å²) in [5.41, 5.74) is 0. The third-order valence-corrected chi connectivity index (χ3v) is 1.000. The van der Waals surface area contributed by atoms with E-state index in [1.165, 1.54) is 5.75 Å². The first kappa shape index (κ1) is 5.35. The van der Waals surface area contributed by atoms with Crippen LogP contribution in [0.2, 0.25) is 0 Å². The van der Waals surface area contributed by atoms with Gasteiger partial charge >= 0.3 is 0 Å². The van der Waals surface area contributed by atoms with E-state index in [0.29, 0.717) is 0 Å². The van der Waals surface area contributed by atoms with E-state index < -0.39 is 0 Å². The first-order valence-electron chi connectivity index (χ1n) is 1.68. The fourth-order valence-corrected chi connectivity index (χ4v) is 0.500. The smallest absolute Gasteiger partial charge is 0.00417 e. The average molecular weight is 89.2 g/mol. The number of hydrogen-bond acceptors (Lipinski definition) is 1. The van der Waals surface area contributed by atoms with Crippen LogP contribution in [0.15, 0.2) is 0 Å². The second kappa shape index (κ2) is 4.35. The predicted octanol–water partition coefficient (Wildman–Crippen LogP) is 1.57. The van der Waals surface area contributed by atoms with Crippen molar-refractivity contribution in [3.8, 4) is 0 Å². The van der Waals surface area contributed by atoms with E-state index in [-0.39, 0.29) is 0 Å². The van der Waals surface area contributed by atoms with Crippen LogP contribution < -0.4 is 0 Å². The molecular formula is C4H9S. The van der Waals surface area contributed by atoms with Gasteiger partial charge in [0.05, 0.1) is 0 Å². The van der Waals surface area contributed by atoms with Crippen molar-refractivity contribution in [1.82, 2.24) is 0 Å². The quantitative estimate of drug-likeness (QED) is 0.495. The molecule has 0 aromatic heterocycles. The minimum atomic E-state index is 1.18. The molecule has 0 saturated carbocycles. The highest BCUT2D eigenvalue weighted by molar-refractivity contribution is 7.98. The Balaban J connectivity index is 2.19. The molecule has 0 fully saturated rings. The Labute approximate surface area is 38.0 Å². The molecule has 1 radical (unpaired) electrons. The largest absolute Gasteiger partial charge is 0.165 e. The number of rotatable bonds is 2. The topological polar surface area (TPSA) is 0 Å². The van der Waals surface area contributed by atoms with Crippen LogP contribution in [-0.2, 0) is 0 Å². The second-order valence-corrected chi connectivity index (χ2v) is 1.77. The maximum Gasteiger partial charge on any atom is -0.00417 e. The van der Waals surface area contributed by atoms with E-state index in [2.05, 4.69) is 19.6 Å². The molecule has 0 nitrogen and oxygen atoms in total. The Morgan fingerprint density at radius 2 is 2.40 bits per heavy atom. The van der Waals surface area contributed by atoms with E-state index >= 15 is 0 Å². The summed E-state index contributed by atoms with van der Waals surface area (Å²) < 4.78 is 0. The zero-order chi connectivity index (χ0) is 4.12. The fourth-order valence-electron chi connectivity index (χ4n) is 0.167. The first-order chi connectivity index (χ1) is 2.41. The lowest BCUT2D eigenvalue weighted by Gasteiger charge is -1.79. The zero-order valence-corrected chi connectivity index (χ0v) is 4.51. The molecule has 0 N–H and O–H groups in total. The van der Waals surface area contributed by atoms with Gasteiger partial charge in [0.15, 0.2) is 0 Å². The van der Waals surface area contributed by atoms with Gasteiger partial charge in [-0.15, -0.1) is 0 Å². The van der Waals surface area contributed by atoms with Crippen molar-refractivity contribution in [2.75, 3.05) is 12.0 Å². The van der Waals surface area contributed by atoms with E-state index in [1.54, 1.807) is 0 Å². The standard InChI is InChI=1S/C4H9S/c1-3-4-5-2/h3H,4H2,1-2H3. The molecule has 0 rings (SSSR count). The highest BCUT2D eigenvalue weighted by Gasteiger charge is 1.68. The maximum atomic E-state index is 2.14. The third kappa shape index (κ3) is 4.35. The molecule has 0 aliphatic rings. The summed E-state index contributed by atoms with van der Waals surface area (Å²) in [4.78, 5) is 0. The van der Waals surface area contributed by atoms with Gasteiger partial charge in [0.25, 0.3) is 0 Å². The Bertz CT molecular complexity index is 11.1. The molecule has 0 aromatic carbocycles. The predicted molar refractivity (Wildman–Crippen MR) is 28.4 cm³/mol. The van der Waals surface area contributed by atoms with Gasteiger partial charge in [-0.25, -0.2) is 0 Å². The minimum Gasteiger partial charge on any atom is -0.165 e. The van der Waals surface area contributed by atoms with Crippen molar-refractivity contribution in [3.05, 3.63) is 6.42 Å². The van der Waals surface area contributed by atoms with E-state index in [1.807, 2.05) is 11.8 Å². The molecule has 0 aromatic rings. The first-order valence-corrected chi connectivity index (χ1v) is 3.08. The van der Waals surface area contributed by atoms with E-state index in [9.17, 15) is 0 Å². The molecule has 0 aliphatic carbocycles. The highest BCUT2D eigenvalue weighted by atomic mass is 32.2. The minimum absolute atomic E-state index is 1.18. The van der Waals surface area contributed by atoms with Crippen molar-refractivity contribution >= 4 is 11.8 Å². The van der Waals surface area contributed by atoms with Crippen LogP contribution in [0.25, 0.3) is 0 Å². The van der Waals surface area contributed by atoms with E-state index in [0.717, 1.165) is 0 Å². The summed E-state index contributed by atoms with van der Waals surface area (Å²) in [6.45, 7) is 2.07. The molecule has 0 saturated heterocycles. The van der Waals surface area contributed by atoms with Gasteiger partial charge in [0.1, 0.15) is 0 Å². The Morgan fingerprint density at radius 1 is 1.80 bits per heavy atom. The molecule has 31 valence electrons. The lowest BCUT2D eigenvalue weighted by Crippen LogP contribution is -1.66.